The standard InChI is InChI=1S/C17H23N3O/c1-21-13-14-6-5-7-15(12-14)19-17-18-10-11-20(17)16-8-3-2-4-9-16/h5-7,10-12,16H,2-4,8-9,13H2,1H3,(H,18,19). The van der Waals surface area contributed by atoms with E-state index in [2.05, 4.69) is 39.3 Å². The van der Waals surface area contributed by atoms with Gasteiger partial charge in [0.15, 0.2) is 0 Å². The van der Waals surface area contributed by atoms with E-state index in [1.54, 1.807) is 7.11 Å². The number of ether oxygens (including phenoxy) is 1. The number of nitrogens with zero attached hydrogens (tertiary/aromatic N) is 2. The van der Waals surface area contributed by atoms with E-state index in [0.717, 1.165) is 11.6 Å². The van der Waals surface area contributed by atoms with Crippen molar-refractivity contribution in [3.05, 3.63) is 42.2 Å². The SMILES string of the molecule is COCc1cccc(Nc2nccn2C2CCCCC2)c1. The first-order chi connectivity index (χ1) is 10.4. The van der Waals surface area contributed by atoms with E-state index >= 15 is 0 Å². The Balaban J connectivity index is 1.75. The molecule has 0 atom stereocenters. The third-order valence-corrected chi connectivity index (χ3v) is 4.13. The van der Waals surface area contributed by atoms with Crippen LogP contribution in [0.15, 0.2) is 36.7 Å². The van der Waals surface area contributed by atoms with Gasteiger partial charge in [-0.1, -0.05) is 31.4 Å². The van der Waals surface area contributed by atoms with Crippen LogP contribution in [-0.2, 0) is 11.3 Å². The molecule has 0 aliphatic heterocycles. The van der Waals surface area contributed by atoms with Gasteiger partial charge >= 0.3 is 0 Å². The number of rotatable bonds is 5. The first-order valence-corrected chi connectivity index (χ1v) is 7.74. The predicted molar refractivity (Wildman–Crippen MR) is 84.8 cm³/mol. The van der Waals surface area contributed by atoms with Crippen LogP contribution < -0.4 is 5.32 Å². The highest BCUT2D eigenvalue weighted by Gasteiger charge is 2.17. The molecular formula is C17H23N3O. The number of imidazole rings is 1. The van der Waals surface area contributed by atoms with Crippen LogP contribution in [-0.4, -0.2) is 16.7 Å². The van der Waals surface area contributed by atoms with E-state index in [4.69, 9.17) is 4.74 Å². The quantitative estimate of drug-likeness (QED) is 0.891. The molecule has 1 aromatic heterocycles. The lowest BCUT2D eigenvalue weighted by molar-refractivity contribution is 0.185. The lowest BCUT2D eigenvalue weighted by Crippen LogP contribution is -2.14. The Morgan fingerprint density at radius 3 is 2.95 bits per heavy atom. The number of methoxy groups -OCH3 is 1. The zero-order valence-electron chi connectivity index (χ0n) is 12.6. The van der Waals surface area contributed by atoms with Gasteiger partial charge in [-0.15, -0.1) is 0 Å². The summed E-state index contributed by atoms with van der Waals surface area (Å²) in [5.41, 5.74) is 2.23. The minimum Gasteiger partial charge on any atom is -0.380 e. The molecule has 1 N–H and O–H groups in total. The second kappa shape index (κ2) is 6.76. The van der Waals surface area contributed by atoms with Crippen LogP contribution in [0.25, 0.3) is 0 Å². The Morgan fingerprint density at radius 1 is 1.29 bits per heavy atom. The van der Waals surface area contributed by atoms with Crippen molar-refractivity contribution < 1.29 is 4.74 Å². The minimum atomic E-state index is 0.589. The normalized spacial score (nSPS) is 16.0. The van der Waals surface area contributed by atoms with Gasteiger partial charge in [0.05, 0.1) is 6.61 Å². The summed E-state index contributed by atoms with van der Waals surface area (Å²) >= 11 is 0. The Bertz CT molecular complexity index is 573. The molecule has 0 radical (unpaired) electrons. The van der Waals surface area contributed by atoms with Crippen molar-refractivity contribution >= 4 is 11.6 Å². The van der Waals surface area contributed by atoms with Crippen molar-refractivity contribution in [2.75, 3.05) is 12.4 Å². The van der Waals surface area contributed by atoms with Gasteiger partial charge in [-0.05, 0) is 30.5 Å². The molecule has 112 valence electrons. The van der Waals surface area contributed by atoms with Crippen molar-refractivity contribution in [3.63, 3.8) is 0 Å². The van der Waals surface area contributed by atoms with Crippen molar-refractivity contribution in [3.8, 4) is 0 Å². The molecule has 1 aliphatic rings. The molecule has 0 spiro atoms. The number of nitrogens with one attached hydrogen (secondary N) is 1. The summed E-state index contributed by atoms with van der Waals surface area (Å²) in [4.78, 5) is 4.48. The average Bonchev–Trinajstić information content (AvgIpc) is 2.97. The molecule has 4 heteroatoms. The second-order valence-corrected chi connectivity index (χ2v) is 5.71. The van der Waals surface area contributed by atoms with Gasteiger partial charge < -0.3 is 14.6 Å². The summed E-state index contributed by atoms with van der Waals surface area (Å²) in [5.74, 6) is 0.941. The Morgan fingerprint density at radius 2 is 2.14 bits per heavy atom. The third kappa shape index (κ3) is 3.45. The van der Waals surface area contributed by atoms with Crippen LogP contribution >= 0.6 is 0 Å². The highest BCUT2D eigenvalue weighted by molar-refractivity contribution is 5.54. The number of hydrogen-bond acceptors (Lipinski definition) is 3. The van der Waals surface area contributed by atoms with Crippen LogP contribution in [0.2, 0.25) is 0 Å². The Kier molecular flexibility index (Phi) is 4.55. The van der Waals surface area contributed by atoms with Gasteiger partial charge in [0.2, 0.25) is 5.95 Å². The zero-order valence-corrected chi connectivity index (χ0v) is 12.6. The van der Waals surface area contributed by atoms with E-state index in [-0.39, 0.29) is 0 Å². The maximum Gasteiger partial charge on any atom is 0.207 e. The van der Waals surface area contributed by atoms with Gasteiger partial charge in [-0.25, -0.2) is 4.98 Å². The van der Waals surface area contributed by atoms with Crippen LogP contribution in [0.5, 0.6) is 0 Å². The Hall–Kier alpha value is -1.81. The van der Waals surface area contributed by atoms with E-state index in [1.807, 2.05) is 12.3 Å². The number of aromatic nitrogens is 2. The molecule has 2 aromatic rings. The fraction of sp³-hybridized carbons (Fsp3) is 0.471. The van der Waals surface area contributed by atoms with Crippen molar-refractivity contribution in [1.29, 1.82) is 0 Å². The van der Waals surface area contributed by atoms with Gasteiger partial charge in [-0.3, -0.25) is 0 Å². The maximum atomic E-state index is 5.19. The third-order valence-electron chi connectivity index (χ3n) is 4.13. The summed E-state index contributed by atoms with van der Waals surface area (Å²) < 4.78 is 7.48. The van der Waals surface area contributed by atoms with E-state index < -0.39 is 0 Å². The van der Waals surface area contributed by atoms with Crippen molar-refractivity contribution in [2.45, 2.75) is 44.8 Å². The number of benzene rings is 1. The van der Waals surface area contributed by atoms with E-state index in [1.165, 1.54) is 37.7 Å². The molecule has 1 aromatic carbocycles. The van der Waals surface area contributed by atoms with Gasteiger partial charge in [-0.2, -0.15) is 0 Å². The zero-order chi connectivity index (χ0) is 14.5. The molecule has 3 rings (SSSR count). The van der Waals surface area contributed by atoms with E-state index in [9.17, 15) is 0 Å². The summed E-state index contributed by atoms with van der Waals surface area (Å²) in [6.07, 6.45) is 10.5. The molecule has 21 heavy (non-hydrogen) atoms. The lowest BCUT2D eigenvalue weighted by Gasteiger charge is -2.24. The van der Waals surface area contributed by atoms with Gasteiger partial charge in [0.1, 0.15) is 0 Å². The highest BCUT2D eigenvalue weighted by atomic mass is 16.5. The summed E-state index contributed by atoms with van der Waals surface area (Å²) in [6.45, 7) is 0.632. The molecule has 4 nitrogen and oxygen atoms in total. The number of anilines is 2. The summed E-state index contributed by atoms with van der Waals surface area (Å²) in [6, 6.07) is 8.89. The van der Waals surface area contributed by atoms with Crippen LogP contribution in [0.1, 0.15) is 43.7 Å². The number of hydrogen-bond donors (Lipinski definition) is 1. The Labute approximate surface area is 126 Å². The fourth-order valence-corrected chi connectivity index (χ4v) is 3.10. The lowest BCUT2D eigenvalue weighted by atomic mass is 9.95. The largest absolute Gasteiger partial charge is 0.380 e. The first-order valence-electron chi connectivity index (χ1n) is 7.74. The summed E-state index contributed by atoms with van der Waals surface area (Å²) in [7, 11) is 1.72. The van der Waals surface area contributed by atoms with Gasteiger partial charge in [0.25, 0.3) is 0 Å². The molecule has 1 fully saturated rings. The molecule has 0 amide bonds. The molecule has 1 heterocycles. The predicted octanol–water partition coefficient (Wildman–Crippen LogP) is 4.28. The highest BCUT2D eigenvalue weighted by Crippen LogP contribution is 2.31. The second-order valence-electron chi connectivity index (χ2n) is 5.71. The topological polar surface area (TPSA) is 39.1 Å². The molecule has 0 bridgehead atoms. The smallest absolute Gasteiger partial charge is 0.207 e. The molecular weight excluding hydrogens is 262 g/mol. The monoisotopic (exact) mass is 285 g/mol. The van der Waals surface area contributed by atoms with E-state index in [0.29, 0.717) is 12.6 Å². The first kappa shape index (κ1) is 14.1. The average molecular weight is 285 g/mol. The molecule has 0 unspecified atom stereocenters. The van der Waals surface area contributed by atoms with Crippen molar-refractivity contribution in [2.24, 2.45) is 0 Å². The van der Waals surface area contributed by atoms with Crippen LogP contribution in [0.3, 0.4) is 0 Å². The fourth-order valence-electron chi connectivity index (χ4n) is 3.10. The van der Waals surface area contributed by atoms with Crippen LogP contribution in [0.4, 0.5) is 11.6 Å². The molecule has 1 aliphatic carbocycles. The van der Waals surface area contributed by atoms with Crippen molar-refractivity contribution in [1.82, 2.24) is 9.55 Å². The molecule has 0 saturated heterocycles. The van der Waals surface area contributed by atoms with Crippen LogP contribution in [0, 0.1) is 0 Å². The van der Waals surface area contributed by atoms with Gasteiger partial charge in [0, 0.05) is 31.2 Å². The summed E-state index contributed by atoms with van der Waals surface area (Å²) in [5, 5.41) is 3.44. The minimum absolute atomic E-state index is 0.589. The molecule has 1 saturated carbocycles. The maximum absolute atomic E-state index is 5.19.